The number of carbonyl (C=O) groups excluding carboxylic acids is 1. The standard InChI is InChI=1S/C21H23N5O/c1-16-13-20-25(11-4-12-26(20)24-16)15-17-6-8-18(9-7-17)21(27)23-14-19-5-2-3-10-22-19/h2-3,5-10,13H,4,11-12,14-15H2,1H3,(H,23,27). The number of aromatic nitrogens is 3. The van der Waals surface area contributed by atoms with E-state index in [-0.39, 0.29) is 5.91 Å². The summed E-state index contributed by atoms with van der Waals surface area (Å²) >= 11 is 0. The second-order valence-corrected chi connectivity index (χ2v) is 6.84. The van der Waals surface area contributed by atoms with E-state index in [4.69, 9.17) is 0 Å². The van der Waals surface area contributed by atoms with Crippen LogP contribution in [-0.4, -0.2) is 27.2 Å². The number of pyridine rings is 1. The van der Waals surface area contributed by atoms with Crippen molar-refractivity contribution in [3.8, 4) is 0 Å². The van der Waals surface area contributed by atoms with Crippen molar-refractivity contribution in [3.05, 3.63) is 77.2 Å². The van der Waals surface area contributed by atoms with Crippen molar-refractivity contribution in [1.29, 1.82) is 0 Å². The van der Waals surface area contributed by atoms with Gasteiger partial charge in [-0.25, -0.2) is 4.68 Å². The van der Waals surface area contributed by atoms with E-state index in [1.54, 1.807) is 6.20 Å². The Bertz CT molecular complexity index is 918. The van der Waals surface area contributed by atoms with Gasteiger partial charge in [0.05, 0.1) is 17.9 Å². The second kappa shape index (κ2) is 7.61. The largest absolute Gasteiger partial charge is 0.352 e. The Kier molecular flexibility index (Phi) is 4.87. The molecule has 1 aliphatic rings. The monoisotopic (exact) mass is 361 g/mol. The lowest BCUT2D eigenvalue weighted by Gasteiger charge is -2.29. The summed E-state index contributed by atoms with van der Waals surface area (Å²) in [5.74, 6) is 1.09. The highest BCUT2D eigenvalue weighted by Crippen LogP contribution is 2.23. The van der Waals surface area contributed by atoms with Crippen LogP contribution in [0.25, 0.3) is 0 Å². The minimum atomic E-state index is -0.0844. The summed E-state index contributed by atoms with van der Waals surface area (Å²) in [5, 5.41) is 7.45. The number of hydrogen-bond acceptors (Lipinski definition) is 4. The number of benzene rings is 1. The zero-order valence-electron chi connectivity index (χ0n) is 15.4. The first-order valence-electron chi connectivity index (χ1n) is 9.25. The maximum atomic E-state index is 12.3. The summed E-state index contributed by atoms with van der Waals surface area (Å²) in [5.41, 5.74) is 3.74. The molecule has 0 saturated heterocycles. The molecule has 4 rings (SSSR count). The lowest BCUT2D eigenvalue weighted by atomic mass is 10.1. The molecule has 0 atom stereocenters. The third-order valence-electron chi connectivity index (χ3n) is 4.75. The molecular formula is C21H23N5O. The Labute approximate surface area is 158 Å². The van der Waals surface area contributed by atoms with Gasteiger partial charge in [0, 0.05) is 37.5 Å². The molecule has 1 aromatic carbocycles. The number of aryl methyl sites for hydroxylation is 2. The van der Waals surface area contributed by atoms with Crippen molar-refractivity contribution in [3.63, 3.8) is 0 Å². The minimum absolute atomic E-state index is 0.0844. The van der Waals surface area contributed by atoms with Gasteiger partial charge in [0.15, 0.2) is 0 Å². The summed E-state index contributed by atoms with van der Waals surface area (Å²) in [6, 6.07) is 15.6. The third kappa shape index (κ3) is 4.00. The predicted molar refractivity (Wildman–Crippen MR) is 104 cm³/mol. The quantitative estimate of drug-likeness (QED) is 0.759. The van der Waals surface area contributed by atoms with Crippen LogP contribution in [0.2, 0.25) is 0 Å². The van der Waals surface area contributed by atoms with E-state index in [2.05, 4.69) is 31.0 Å². The highest BCUT2D eigenvalue weighted by Gasteiger charge is 2.18. The van der Waals surface area contributed by atoms with E-state index in [9.17, 15) is 4.79 Å². The van der Waals surface area contributed by atoms with Gasteiger partial charge in [0.2, 0.25) is 0 Å². The second-order valence-electron chi connectivity index (χ2n) is 6.84. The van der Waals surface area contributed by atoms with Gasteiger partial charge in [-0.3, -0.25) is 9.78 Å². The van der Waals surface area contributed by atoms with Gasteiger partial charge < -0.3 is 10.2 Å². The van der Waals surface area contributed by atoms with E-state index in [1.807, 2.05) is 49.4 Å². The first kappa shape index (κ1) is 17.3. The van der Waals surface area contributed by atoms with Crippen LogP contribution < -0.4 is 10.2 Å². The molecule has 1 aliphatic heterocycles. The molecule has 2 aromatic heterocycles. The van der Waals surface area contributed by atoms with E-state index in [0.29, 0.717) is 12.1 Å². The smallest absolute Gasteiger partial charge is 0.251 e. The molecule has 1 N–H and O–H groups in total. The fourth-order valence-electron chi connectivity index (χ4n) is 3.39. The van der Waals surface area contributed by atoms with Crippen LogP contribution in [0.5, 0.6) is 0 Å². The van der Waals surface area contributed by atoms with Gasteiger partial charge in [-0.2, -0.15) is 5.10 Å². The Morgan fingerprint density at radius 2 is 2.00 bits per heavy atom. The SMILES string of the molecule is Cc1cc2n(n1)CCCN2Cc1ccc(C(=O)NCc2ccccn2)cc1. The summed E-state index contributed by atoms with van der Waals surface area (Å²) in [6.07, 6.45) is 2.83. The third-order valence-corrected chi connectivity index (χ3v) is 4.75. The van der Waals surface area contributed by atoms with E-state index >= 15 is 0 Å². The van der Waals surface area contributed by atoms with Crippen molar-refractivity contribution in [2.24, 2.45) is 0 Å². The lowest BCUT2D eigenvalue weighted by Crippen LogP contribution is -2.31. The molecule has 0 spiro atoms. The van der Waals surface area contributed by atoms with Gasteiger partial charge in [-0.15, -0.1) is 0 Å². The number of rotatable bonds is 5. The number of amides is 1. The topological polar surface area (TPSA) is 63.1 Å². The lowest BCUT2D eigenvalue weighted by molar-refractivity contribution is 0.0950. The van der Waals surface area contributed by atoms with Crippen LogP contribution in [0.15, 0.2) is 54.7 Å². The fourth-order valence-corrected chi connectivity index (χ4v) is 3.39. The molecule has 0 bridgehead atoms. The maximum Gasteiger partial charge on any atom is 0.251 e. The van der Waals surface area contributed by atoms with Crippen LogP contribution >= 0.6 is 0 Å². The number of hydrogen-bond donors (Lipinski definition) is 1. The molecule has 1 amide bonds. The molecule has 138 valence electrons. The molecule has 3 heterocycles. The van der Waals surface area contributed by atoms with Crippen LogP contribution in [-0.2, 0) is 19.6 Å². The highest BCUT2D eigenvalue weighted by molar-refractivity contribution is 5.94. The van der Waals surface area contributed by atoms with Gasteiger partial charge >= 0.3 is 0 Å². The molecular weight excluding hydrogens is 338 g/mol. The van der Waals surface area contributed by atoms with Gasteiger partial charge in [0.25, 0.3) is 5.91 Å². The maximum absolute atomic E-state index is 12.3. The Hall–Kier alpha value is -3.15. The average molecular weight is 361 g/mol. The summed E-state index contributed by atoms with van der Waals surface area (Å²) in [6.45, 7) is 5.29. The van der Waals surface area contributed by atoms with Crippen LogP contribution in [0.4, 0.5) is 5.82 Å². The minimum Gasteiger partial charge on any atom is -0.352 e. The Morgan fingerprint density at radius 1 is 1.15 bits per heavy atom. The zero-order chi connectivity index (χ0) is 18.6. The zero-order valence-corrected chi connectivity index (χ0v) is 15.4. The molecule has 6 heteroatoms. The Balaban J connectivity index is 1.38. The predicted octanol–water partition coefficient (Wildman–Crippen LogP) is 2.93. The summed E-state index contributed by atoms with van der Waals surface area (Å²) in [7, 11) is 0. The van der Waals surface area contributed by atoms with Crippen LogP contribution in [0, 0.1) is 6.92 Å². The molecule has 27 heavy (non-hydrogen) atoms. The van der Waals surface area contributed by atoms with Crippen molar-refractivity contribution in [2.75, 3.05) is 11.4 Å². The van der Waals surface area contributed by atoms with Crippen molar-refractivity contribution < 1.29 is 4.79 Å². The van der Waals surface area contributed by atoms with Gasteiger partial charge in [0.1, 0.15) is 5.82 Å². The van der Waals surface area contributed by atoms with Gasteiger partial charge in [-0.1, -0.05) is 18.2 Å². The fraction of sp³-hybridized carbons (Fsp3) is 0.286. The van der Waals surface area contributed by atoms with Crippen molar-refractivity contribution in [1.82, 2.24) is 20.1 Å². The van der Waals surface area contributed by atoms with Crippen molar-refractivity contribution >= 4 is 11.7 Å². The molecule has 0 unspecified atom stereocenters. The molecule has 3 aromatic rings. The van der Waals surface area contributed by atoms with E-state index < -0.39 is 0 Å². The van der Waals surface area contributed by atoms with E-state index in [0.717, 1.165) is 37.4 Å². The van der Waals surface area contributed by atoms with Crippen molar-refractivity contribution in [2.45, 2.75) is 33.0 Å². The number of nitrogens with zero attached hydrogens (tertiary/aromatic N) is 4. The van der Waals surface area contributed by atoms with E-state index in [1.165, 1.54) is 11.4 Å². The number of anilines is 1. The number of nitrogens with one attached hydrogen (secondary N) is 1. The molecule has 0 fully saturated rings. The Morgan fingerprint density at radius 3 is 2.78 bits per heavy atom. The molecule has 0 radical (unpaired) electrons. The highest BCUT2D eigenvalue weighted by atomic mass is 16.1. The normalized spacial score (nSPS) is 13.3. The summed E-state index contributed by atoms with van der Waals surface area (Å²) in [4.78, 5) is 18.9. The van der Waals surface area contributed by atoms with Crippen LogP contribution in [0.3, 0.4) is 0 Å². The molecule has 0 saturated carbocycles. The summed E-state index contributed by atoms with van der Waals surface area (Å²) < 4.78 is 2.08. The number of fused-ring (bicyclic) bond motifs is 1. The first-order valence-corrected chi connectivity index (χ1v) is 9.25. The average Bonchev–Trinajstić information content (AvgIpc) is 3.09. The molecule has 6 nitrogen and oxygen atoms in total. The van der Waals surface area contributed by atoms with Crippen LogP contribution in [0.1, 0.15) is 33.7 Å². The van der Waals surface area contributed by atoms with Gasteiger partial charge in [-0.05, 0) is 43.2 Å². The first-order chi connectivity index (χ1) is 13.2. The number of carbonyl (C=O) groups is 1. The molecule has 0 aliphatic carbocycles.